The molecule has 2 aliphatic rings. The van der Waals surface area contributed by atoms with Crippen molar-refractivity contribution in [3.63, 3.8) is 0 Å². The maximum Gasteiger partial charge on any atom is 0.224 e. The maximum atomic E-state index is 13.2. The molecule has 11 heteroatoms. The van der Waals surface area contributed by atoms with E-state index in [1.54, 1.807) is 19.2 Å². The number of nitrogens with one attached hydrogen (secondary N) is 1. The van der Waals surface area contributed by atoms with Crippen molar-refractivity contribution >= 4 is 28.4 Å². The number of carbonyl (C=O) groups excluding carboxylic acids is 1. The number of carbonyl (C=O) groups is 1. The van der Waals surface area contributed by atoms with Crippen LogP contribution in [0.25, 0.3) is 22.3 Å². The molecular weight excluding hydrogens is 547 g/mol. The van der Waals surface area contributed by atoms with E-state index >= 15 is 0 Å². The second-order valence-electron chi connectivity index (χ2n) is 11.6. The van der Waals surface area contributed by atoms with Crippen molar-refractivity contribution < 1.29 is 13.9 Å². The number of amides is 1. The van der Waals surface area contributed by atoms with Crippen LogP contribution in [0.5, 0.6) is 5.75 Å². The molecule has 2 aromatic carbocycles. The van der Waals surface area contributed by atoms with Crippen molar-refractivity contribution in [2.45, 2.75) is 50.6 Å². The zero-order valence-corrected chi connectivity index (χ0v) is 24.8. The minimum Gasteiger partial charge on any atom is -0.495 e. The highest BCUT2D eigenvalue weighted by molar-refractivity contribution is 5.99. The van der Waals surface area contributed by atoms with Gasteiger partial charge in [0.05, 0.1) is 24.2 Å². The number of rotatable bonds is 8. The van der Waals surface area contributed by atoms with E-state index in [1.165, 1.54) is 18.5 Å². The van der Waals surface area contributed by atoms with E-state index in [1.807, 2.05) is 22.9 Å². The Kier molecular flexibility index (Phi) is 8.53. The van der Waals surface area contributed by atoms with E-state index in [9.17, 15) is 9.18 Å². The number of nitrogen functional groups attached to an aromatic ring is 1. The Hall–Kier alpha value is -4.09. The third kappa shape index (κ3) is 6.33. The first kappa shape index (κ1) is 29.0. The Morgan fingerprint density at radius 2 is 1.74 bits per heavy atom. The van der Waals surface area contributed by atoms with Crippen LogP contribution in [0.1, 0.15) is 43.7 Å². The highest BCUT2D eigenvalue weighted by Gasteiger charge is 2.31. The minimum atomic E-state index is -0.294. The number of halogens is 1. The molecular formula is C32H39FN8O2. The van der Waals surface area contributed by atoms with E-state index in [4.69, 9.17) is 15.6 Å². The molecule has 1 aliphatic carbocycles. The lowest BCUT2D eigenvalue weighted by Gasteiger charge is -2.41. The second-order valence-corrected chi connectivity index (χ2v) is 11.6. The fraction of sp³-hybridized carbons (Fsp3) is 0.438. The molecule has 2 aromatic heterocycles. The average Bonchev–Trinajstić information content (AvgIpc) is 3.42. The van der Waals surface area contributed by atoms with Gasteiger partial charge in [-0.15, -0.1) is 0 Å². The van der Waals surface area contributed by atoms with E-state index in [2.05, 4.69) is 32.1 Å². The van der Waals surface area contributed by atoms with Crippen LogP contribution in [-0.4, -0.2) is 81.8 Å². The predicted molar refractivity (Wildman–Crippen MR) is 165 cm³/mol. The highest BCUT2D eigenvalue weighted by atomic mass is 19.1. The fourth-order valence-electron chi connectivity index (χ4n) is 6.37. The molecule has 6 rings (SSSR count). The van der Waals surface area contributed by atoms with Gasteiger partial charge in [0.25, 0.3) is 0 Å². The fourth-order valence-corrected chi connectivity index (χ4v) is 6.37. The number of anilines is 2. The van der Waals surface area contributed by atoms with Gasteiger partial charge in [-0.25, -0.2) is 19.0 Å². The minimum absolute atomic E-state index is 0.157. The Bertz CT molecular complexity index is 1570. The maximum absolute atomic E-state index is 13.2. The summed E-state index contributed by atoms with van der Waals surface area (Å²) < 4.78 is 20.9. The molecule has 1 aliphatic heterocycles. The van der Waals surface area contributed by atoms with Crippen molar-refractivity contribution in [3.05, 3.63) is 60.2 Å². The summed E-state index contributed by atoms with van der Waals surface area (Å²) in [5.74, 6) is 0.445. The number of aryl methyl sites for hydroxylation is 1. The molecule has 0 spiro atoms. The van der Waals surface area contributed by atoms with Crippen LogP contribution < -0.4 is 15.8 Å². The van der Waals surface area contributed by atoms with Crippen LogP contribution in [-0.2, 0) is 11.2 Å². The van der Waals surface area contributed by atoms with Crippen LogP contribution in [0.15, 0.2) is 48.8 Å². The number of hydrogen-bond donors (Lipinski definition) is 2. The van der Waals surface area contributed by atoms with Gasteiger partial charge in [-0.2, -0.15) is 5.10 Å². The molecule has 1 amide bonds. The first-order chi connectivity index (χ1) is 20.9. The number of methoxy groups -OCH3 is 1. The molecule has 226 valence electrons. The van der Waals surface area contributed by atoms with Gasteiger partial charge in [-0.05, 0) is 69.0 Å². The zero-order chi connectivity index (χ0) is 29.9. The third-order valence-corrected chi connectivity index (χ3v) is 8.89. The summed E-state index contributed by atoms with van der Waals surface area (Å²) in [5.41, 5.74) is 10.1. The molecule has 3 heterocycles. The number of fused-ring (bicyclic) bond motifs is 1. The SMILES string of the molecule is COc1cc(-c2nn(C3CCC(N4CCN(C)CC4)CC3)c3ncnc(N)c23)ccc1NC(=O)CCc1ccc(F)cc1. The van der Waals surface area contributed by atoms with Crippen molar-refractivity contribution in [1.82, 2.24) is 29.5 Å². The summed E-state index contributed by atoms with van der Waals surface area (Å²) in [6, 6.07) is 12.6. The first-order valence-corrected chi connectivity index (χ1v) is 15.0. The predicted octanol–water partition coefficient (Wildman–Crippen LogP) is 4.53. The summed E-state index contributed by atoms with van der Waals surface area (Å²) in [5, 5.41) is 8.74. The van der Waals surface area contributed by atoms with E-state index in [0.29, 0.717) is 35.4 Å². The number of aromatic nitrogens is 4. The molecule has 0 unspecified atom stereocenters. The monoisotopic (exact) mass is 586 g/mol. The Balaban J connectivity index is 1.19. The smallest absolute Gasteiger partial charge is 0.224 e. The van der Waals surface area contributed by atoms with E-state index in [-0.39, 0.29) is 24.2 Å². The van der Waals surface area contributed by atoms with Gasteiger partial charge < -0.3 is 20.7 Å². The average molecular weight is 587 g/mol. The van der Waals surface area contributed by atoms with Gasteiger partial charge >= 0.3 is 0 Å². The van der Waals surface area contributed by atoms with Gasteiger partial charge in [0.2, 0.25) is 5.91 Å². The van der Waals surface area contributed by atoms with E-state index in [0.717, 1.165) is 74.0 Å². The van der Waals surface area contributed by atoms with Gasteiger partial charge in [-0.1, -0.05) is 18.2 Å². The number of likely N-dealkylation sites (N-methyl/N-ethyl adjacent to an activating group) is 1. The second kappa shape index (κ2) is 12.6. The molecule has 43 heavy (non-hydrogen) atoms. The van der Waals surface area contributed by atoms with Crippen LogP contribution >= 0.6 is 0 Å². The summed E-state index contributed by atoms with van der Waals surface area (Å²) in [7, 11) is 3.76. The summed E-state index contributed by atoms with van der Waals surface area (Å²) in [6.45, 7) is 4.53. The molecule has 0 bridgehead atoms. The lowest BCUT2D eigenvalue weighted by molar-refractivity contribution is -0.116. The Morgan fingerprint density at radius 3 is 2.47 bits per heavy atom. The van der Waals surface area contributed by atoms with Gasteiger partial charge in [0.15, 0.2) is 5.65 Å². The van der Waals surface area contributed by atoms with Gasteiger partial charge in [-0.3, -0.25) is 9.69 Å². The van der Waals surface area contributed by atoms with Crippen molar-refractivity contribution in [3.8, 4) is 17.0 Å². The van der Waals surface area contributed by atoms with Crippen LogP contribution in [0.4, 0.5) is 15.9 Å². The Morgan fingerprint density at radius 1 is 1.02 bits per heavy atom. The van der Waals surface area contributed by atoms with Gasteiger partial charge in [0.1, 0.15) is 29.4 Å². The lowest BCUT2D eigenvalue weighted by Crippen LogP contribution is -2.49. The number of piperazine rings is 1. The molecule has 2 fully saturated rings. The molecule has 0 radical (unpaired) electrons. The largest absolute Gasteiger partial charge is 0.495 e. The standard InChI is InChI=1S/C32H39FN8O2/c1-39-15-17-40(18-16-39)24-9-11-25(12-10-24)41-32-29(31(34)35-20-36-32)30(38-41)22-6-13-26(27(19-22)43-2)37-28(42)14-5-21-3-7-23(33)8-4-21/h3-4,6-8,13,19-20,24-25H,5,9-12,14-18H2,1-2H3,(H,37,42)(H2,34,35,36). The van der Waals surface area contributed by atoms with Crippen LogP contribution in [0.2, 0.25) is 0 Å². The zero-order valence-electron chi connectivity index (χ0n) is 24.8. The van der Waals surface area contributed by atoms with Crippen LogP contribution in [0, 0.1) is 5.82 Å². The summed E-state index contributed by atoms with van der Waals surface area (Å²) in [4.78, 5) is 26.7. The first-order valence-electron chi connectivity index (χ1n) is 15.0. The van der Waals surface area contributed by atoms with Gasteiger partial charge in [0, 0.05) is 44.2 Å². The number of nitrogens with two attached hydrogens (primary N) is 1. The van der Waals surface area contributed by atoms with Crippen LogP contribution in [0.3, 0.4) is 0 Å². The molecule has 3 N–H and O–H groups in total. The number of benzene rings is 2. The quantitative estimate of drug-likeness (QED) is 0.310. The highest BCUT2D eigenvalue weighted by Crippen LogP contribution is 2.39. The summed E-state index contributed by atoms with van der Waals surface area (Å²) >= 11 is 0. The van der Waals surface area contributed by atoms with Crippen molar-refractivity contribution in [2.24, 2.45) is 0 Å². The summed E-state index contributed by atoms with van der Waals surface area (Å²) in [6.07, 6.45) is 6.60. The molecule has 1 saturated carbocycles. The van der Waals surface area contributed by atoms with Crippen molar-refractivity contribution in [1.29, 1.82) is 0 Å². The normalized spacial score (nSPS) is 19.9. The lowest BCUT2D eigenvalue weighted by atomic mass is 9.90. The topological polar surface area (TPSA) is 114 Å². The molecule has 4 aromatic rings. The Labute approximate surface area is 251 Å². The number of hydrogen-bond acceptors (Lipinski definition) is 8. The molecule has 1 saturated heterocycles. The van der Waals surface area contributed by atoms with E-state index < -0.39 is 0 Å². The molecule has 0 atom stereocenters. The number of nitrogens with zero attached hydrogens (tertiary/aromatic N) is 6. The number of ether oxygens (including phenoxy) is 1. The molecule has 10 nitrogen and oxygen atoms in total. The van der Waals surface area contributed by atoms with Crippen molar-refractivity contribution in [2.75, 3.05) is 51.4 Å². The third-order valence-electron chi connectivity index (χ3n) is 8.89.